The molecule has 37 heavy (non-hydrogen) atoms. The van der Waals surface area contributed by atoms with Crippen molar-refractivity contribution in [2.75, 3.05) is 13.1 Å². The van der Waals surface area contributed by atoms with Crippen molar-refractivity contribution in [1.29, 1.82) is 0 Å². The average Bonchev–Trinajstić information content (AvgIpc) is 3.25. The second kappa shape index (κ2) is 8.47. The molecule has 7 nitrogen and oxygen atoms in total. The Morgan fingerprint density at radius 3 is 2.73 bits per heavy atom. The summed E-state index contributed by atoms with van der Waals surface area (Å²) < 4.78 is 13.7. The highest BCUT2D eigenvalue weighted by Crippen LogP contribution is 2.37. The molecule has 1 aromatic carbocycles. The highest BCUT2D eigenvalue weighted by Gasteiger charge is 2.36. The molecular formula is C30H30N2O5. The molecule has 0 spiro atoms. The Bertz CT molecular complexity index is 1690. The van der Waals surface area contributed by atoms with Crippen LogP contribution in [0, 0.1) is 12.8 Å². The fourth-order valence-electron chi connectivity index (χ4n) is 6.92. The van der Waals surface area contributed by atoms with Gasteiger partial charge in [-0.25, -0.2) is 4.79 Å². The maximum Gasteiger partial charge on any atom is 0.339 e. The molecule has 3 aliphatic rings. The number of aromatic nitrogens is 1. The number of hydrogen-bond donors (Lipinski definition) is 0. The standard InChI is InChI=1S/C30H30N2O5/c1-17-20(30(35)37-26-13-27-23(12-22(17)26)21-5-2-3-7-25(21)36-27)9-10-28(33)31-14-18-11-19(16-31)24-6-4-8-29(34)32(24)15-18/h4,6,8,12-13,18-19H,2-3,5,7,9-11,14-16H2,1H3/t18-,19+/m1/s1. The van der Waals surface area contributed by atoms with Crippen molar-refractivity contribution >= 4 is 27.8 Å². The Kier molecular flexibility index (Phi) is 5.17. The second-order valence-electron chi connectivity index (χ2n) is 11.0. The van der Waals surface area contributed by atoms with Gasteiger partial charge in [0.2, 0.25) is 5.91 Å². The minimum Gasteiger partial charge on any atom is -0.461 e. The molecule has 0 saturated carbocycles. The first-order chi connectivity index (χ1) is 18.0. The number of rotatable bonds is 3. The lowest BCUT2D eigenvalue weighted by molar-refractivity contribution is -0.133. The van der Waals surface area contributed by atoms with Crippen LogP contribution in [0.3, 0.4) is 0 Å². The average molecular weight is 499 g/mol. The molecule has 1 amide bonds. The van der Waals surface area contributed by atoms with E-state index in [0.29, 0.717) is 37.2 Å². The Morgan fingerprint density at radius 1 is 1.00 bits per heavy atom. The first-order valence-electron chi connectivity index (χ1n) is 13.4. The van der Waals surface area contributed by atoms with E-state index < -0.39 is 0 Å². The Labute approximate surface area is 213 Å². The van der Waals surface area contributed by atoms with Crippen LogP contribution in [0.5, 0.6) is 0 Å². The van der Waals surface area contributed by atoms with Gasteiger partial charge >= 0.3 is 5.63 Å². The van der Waals surface area contributed by atoms with E-state index in [1.54, 1.807) is 6.07 Å². The molecule has 4 aromatic rings. The van der Waals surface area contributed by atoms with Crippen molar-refractivity contribution in [2.24, 2.45) is 5.92 Å². The third-order valence-corrected chi connectivity index (χ3v) is 8.78. The predicted molar refractivity (Wildman–Crippen MR) is 140 cm³/mol. The van der Waals surface area contributed by atoms with Gasteiger partial charge in [-0.1, -0.05) is 6.07 Å². The summed E-state index contributed by atoms with van der Waals surface area (Å²) in [5.74, 6) is 1.58. The number of fused-ring (bicyclic) bond motifs is 8. The molecule has 1 fully saturated rings. The minimum absolute atomic E-state index is 0.0405. The maximum atomic E-state index is 13.3. The molecule has 1 saturated heterocycles. The largest absolute Gasteiger partial charge is 0.461 e. The van der Waals surface area contributed by atoms with E-state index in [2.05, 4.69) is 6.07 Å². The van der Waals surface area contributed by atoms with E-state index in [4.69, 9.17) is 8.83 Å². The molecule has 0 N–H and O–H groups in total. The summed E-state index contributed by atoms with van der Waals surface area (Å²) in [5.41, 5.74) is 4.75. The molecule has 2 bridgehead atoms. The number of amides is 1. The van der Waals surface area contributed by atoms with Crippen molar-refractivity contribution in [3.05, 3.63) is 79.3 Å². The van der Waals surface area contributed by atoms with Crippen LogP contribution in [-0.4, -0.2) is 28.5 Å². The van der Waals surface area contributed by atoms with Crippen LogP contribution < -0.4 is 11.2 Å². The smallest absolute Gasteiger partial charge is 0.339 e. The van der Waals surface area contributed by atoms with Crippen molar-refractivity contribution < 1.29 is 13.6 Å². The zero-order chi connectivity index (χ0) is 25.3. The number of likely N-dealkylation sites (tertiary alicyclic amines) is 1. The second-order valence-corrected chi connectivity index (χ2v) is 11.0. The number of benzene rings is 1. The fraction of sp³-hybridized carbons (Fsp3) is 0.433. The van der Waals surface area contributed by atoms with Crippen LogP contribution in [0.15, 0.2) is 48.8 Å². The summed E-state index contributed by atoms with van der Waals surface area (Å²) in [6.07, 6.45) is 5.90. The molecule has 1 aliphatic carbocycles. The molecule has 190 valence electrons. The van der Waals surface area contributed by atoms with Crippen LogP contribution in [0.2, 0.25) is 0 Å². The SMILES string of the molecule is Cc1c(CCC(=O)N2C[C@H]3C[C@@H](C2)c2cccc(=O)n2C3)c(=O)oc2cc3oc4c(c3cc12)CCCC4. The highest BCUT2D eigenvalue weighted by molar-refractivity contribution is 5.97. The Hall–Kier alpha value is -3.61. The van der Waals surface area contributed by atoms with Gasteiger partial charge in [-0.15, -0.1) is 0 Å². The first kappa shape index (κ1) is 22.6. The zero-order valence-corrected chi connectivity index (χ0v) is 21.0. The number of furan rings is 1. The van der Waals surface area contributed by atoms with Crippen molar-refractivity contribution in [3.8, 4) is 0 Å². The maximum absolute atomic E-state index is 13.3. The summed E-state index contributed by atoms with van der Waals surface area (Å²) in [6.45, 7) is 3.89. The van der Waals surface area contributed by atoms with Gasteiger partial charge in [0.1, 0.15) is 16.9 Å². The molecule has 7 heteroatoms. The van der Waals surface area contributed by atoms with E-state index in [1.807, 2.05) is 34.6 Å². The van der Waals surface area contributed by atoms with Crippen LogP contribution in [0.25, 0.3) is 21.9 Å². The summed E-state index contributed by atoms with van der Waals surface area (Å²) >= 11 is 0. The van der Waals surface area contributed by atoms with E-state index in [9.17, 15) is 14.4 Å². The Balaban J connectivity index is 1.14. The fourth-order valence-corrected chi connectivity index (χ4v) is 6.92. The lowest BCUT2D eigenvalue weighted by Gasteiger charge is -2.42. The van der Waals surface area contributed by atoms with Gasteiger partial charge < -0.3 is 18.3 Å². The van der Waals surface area contributed by atoms with Crippen LogP contribution >= 0.6 is 0 Å². The lowest BCUT2D eigenvalue weighted by atomic mass is 9.83. The number of piperidine rings is 1. The van der Waals surface area contributed by atoms with Gasteiger partial charge in [0.15, 0.2) is 0 Å². The summed E-state index contributed by atoms with van der Waals surface area (Å²) in [7, 11) is 0. The molecule has 3 aromatic heterocycles. The highest BCUT2D eigenvalue weighted by atomic mass is 16.4. The topological polar surface area (TPSA) is 85.7 Å². The summed E-state index contributed by atoms with van der Waals surface area (Å²) in [6, 6.07) is 9.38. The van der Waals surface area contributed by atoms with Gasteiger partial charge in [-0.05, 0) is 62.6 Å². The number of hydrogen-bond acceptors (Lipinski definition) is 5. The molecule has 2 atom stereocenters. The van der Waals surface area contributed by atoms with Gasteiger partial charge in [-0.2, -0.15) is 0 Å². The molecule has 5 heterocycles. The third kappa shape index (κ3) is 3.66. The summed E-state index contributed by atoms with van der Waals surface area (Å²) in [5, 5.41) is 2.03. The lowest BCUT2D eigenvalue weighted by Crippen LogP contribution is -2.49. The van der Waals surface area contributed by atoms with Crippen molar-refractivity contribution in [3.63, 3.8) is 0 Å². The van der Waals surface area contributed by atoms with Gasteiger partial charge in [0, 0.05) is 78.1 Å². The number of aryl methyl sites for hydroxylation is 3. The predicted octanol–water partition coefficient (Wildman–Crippen LogP) is 4.47. The molecule has 0 radical (unpaired) electrons. The van der Waals surface area contributed by atoms with Crippen LogP contribution in [0.1, 0.15) is 59.7 Å². The number of pyridine rings is 1. The monoisotopic (exact) mass is 498 g/mol. The van der Waals surface area contributed by atoms with E-state index in [0.717, 1.165) is 65.5 Å². The third-order valence-electron chi connectivity index (χ3n) is 8.78. The van der Waals surface area contributed by atoms with Gasteiger partial charge in [-0.3, -0.25) is 9.59 Å². The van der Waals surface area contributed by atoms with Crippen molar-refractivity contribution in [1.82, 2.24) is 9.47 Å². The summed E-state index contributed by atoms with van der Waals surface area (Å²) in [4.78, 5) is 40.5. The van der Waals surface area contributed by atoms with Gasteiger partial charge in [0.25, 0.3) is 5.56 Å². The number of nitrogens with zero attached hydrogens (tertiary/aromatic N) is 2. The molecule has 7 rings (SSSR count). The van der Waals surface area contributed by atoms with Crippen molar-refractivity contribution in [2.45, 2.75) is 64.3 Å². The molecule has 2 aliphatic heterocycles. The zero-order valence-electron chi connectivity index (χ0n) is 21.0. The van der Waals surface area contributed by atoms with Gasteiger partial charge in [0.05, 0.1) is 0 Å². The quantitative estimate of drug-likeness (QED) is 0.389. The number of carbonyl (C=O) groups excluding carboxylic acids is 1. The van der Waals surface area contributed by atoms with E-state index >= 15 is 0 Å². The number of carbonyl (C=O) groups is 1. The van der Waals surface area contributed by atoms with Crippen LogP contribution in [0.4, 0.5) is 0 Å². The van der Waals surface area contributed by atoms with E-state index in [-0.39, 0.29) is 35.3 Å². The van der Waals surface area contributed by atoms with E-state index in [1.165, 1.54) is 5.56 Å². The minimum atomic E-state index is -0.378. The van der Waals surface area contributed by atoms with Crippen LogP contribution in [-0.2, 0) is 30.6 Å². The first-order valence-corrected chi connectivity index (χ1v) is 13.4. The molecule has 0 unspecified atom stereocenters. The Morgan fingerprint density at radius 2 is 1.84 bits per heavy atom. The normalized spacial score (nSPS) is 20.7. The molecular weight excluding hydrogens is 468 g/mol.